The van der Waals surface area contributed by atoms with Gasteiger partial charge in [0.15, 0.2) is 0 Å². The number of rotatable bonds is 5. The minimum atomic E-state index is 0.0816. The summed E-state index contributed by atoms with van der Waals surface area (Å²) in [6, 6.07) is 8.15. The van der Waals surface area contributed by atoms with Gasteiger partial charge in [0.25, 0.3) is 0 Å². The van der Waals surface area contributed by atoms with E-state index in [1.807, 2.05) is 12.1 Å². The minimum Gasteiger partial charge on any atom is -0.353 e. The summed E-state index contributed by atoms with van der Waals surface area (Å²) in [5.74, 6) is 0.0816. The van der Waals surface area contributed by atoms with Crippen LogP contribution in [0.2, 0.25) is 0 Å². The van der Waals surface area contributed by atoms with Gasteiger partial charge in [-0.05, 0) is 24.5 Å². The van der Waals surface area contributed by atoms with Crippen LogP contribution in [0, 0.1) is 6.92 Å². The van der Waals surface area contributed by atoms with E-state index in [-0.39, 0.29) is 5.91 Å². The average molecular weight is 203 g/mol. The van der Waals surface area contributed by atoms with Crippen LogP contribution < -0.4 is 5.32 Å². The molecule has 0 atom stereocenters. The lowest BCUT2D eigenvalue weighted by Gasteiger charge is -2.05. The topological polar surface area (TPSA) is 29.1 Å². The Morgan fingerprint density at radius 2 is 2.20 bits per heavy atom. The molecule has 0 radical (unpaired) electrons. The molecular weight excluding hydrogens is 186 g/mol. The predicted octanol–water partition coefficient (Wildman–Crippen LogP) is 2.23. The lowest BCUT2D eigenvalue weighted by Crippen LogP contribution is -2.23. The molecule has 1 aromatic carbocycles. The minimum absolute atomic E-state index is 0.0816. The van der Waals surface area contributed by atoms with Crippen molar-refractivity contribution in [1.29, 1.82) is 0 Å². The van der Waals surface area contributed by atoms with Gasteiger partial charge >= 0.3 is 0 Å². The van der Waals surface area contributed by atoms with E-state index in [0.29, 0.717) is 13.0 Å². The fourth-order valence-corrected chi connectivity index (χ4v) is 1.41. The van der Waals surface area contributed by atoms with Gasteiger partial charge < -0.3 is 5.32 Å². The first-order chi connectivity index (χ1) is 7.24. The van der Waals surface area contributed by atoms with Crippen molar-refractivity contribution in [3.8, 4) is 0 Å². The summed E-state index contributed by atoms with van der Waals surface area (Å²) in [6.07, 6.45) is 3.03. The average Bonchev–Trinajstić information content (AvgIpc) is 2.25. The van der Waals surface area contributed by atoms with Crippen molar-refractivity contribution < 1.29 is 4.79 Å². The fourth-order valence-electron chi connectivity index (χ4n) is 1.41. The third-order valence-corrected chi connectivity index (χ3v) is 2.33. The molecule has 0 aliphatic rings. The Bertz CT molecular complexity index is 344. The first kappa shape index (κ1) is 11.5. The molecule has 2 nitrogen and oxygen atoms in total. The van der Waals surface area contributed by atoms with Crippen LogP contribution in [0.3, 0.4) is 0 Å². The normalized spacial score (nSPS) is 9.67. The number of benzene rings is 1. The zero-order valence-electron chi connectivity index (χ0n) is 9.12. The molecular formula is C13H17NO. The number of carbonyl (C=O) groups excluding carboxylic acids is 1. The summed E-state index contributed by atoms with van der Waals surface area (Å²) < 4.78 is 0. The quantitative estimate of drug-likeness (QED) is 0.730. The van der Waals surface area contributed by atoms with Gasteiger partial charge in [0.05, 0.1) is 0 Å². The molecule has 1 aromatic rings. The Kier molecular flexibility index (Phi) is 4.61. The molecule has 0 heterocycles. The lowest BCUT2D eigenvalue weighted by molar-refractivity contribution is -0.120. The molecule has 0 aliphatic carbocycles. The Balaban J connectivity index is 2.40. The standard InChI is InChI=1S/C13H17NO/c1-3-10-14-13(15)9-8-12-7-5-4-6-11(12)2/h3-7H,1,8-10H2,2H3,(H,14,15). The highest BCUT2D eigenvalue weighted by Crippen LogP contribution is 2.09. The van der Waals surface area contributed by atoms with E-state index < -0.39 is 0 Å². The number of amides is 1. The number of carbonyl (C=O) groups is 1. The van der Waals surface area contributed by atoms with Crippen molar-refractivity contribution in [2.75, 3.05) is 6.54 Å². The SMILES string of the molecule is C=CCNC(=O)CCc1ccccc1C. The fraction of sp³-hybridized carbons (Fsp3) is 0.308. The van der Waals surface area contributed by atoms with Crippen LogP contribution in [-0.2, 0) is 11.2 Å². The van der Waals surface area contributed by atoms with Crippen molar-refractivity contribution in [2.24, 2.45) is 0 Å². The molecule has 0 bridgehead atoms. The summed E-state index contributed by atoms with van der Waals surface area (Å²) in [5.41, 5.74) is 2.49. The van der Waals surface area contributed by atoms with E-state index in [2.05, 4.69) is 31.0 Å². The maximum atomic E-state index is 11.3. The third kappa shape index (κ3) is 3.98. The lowest BCUT2D eigenvalue weighted by atomic mass is 10.0. The number of hydrogen-bond acceptors (Lipinski definition) is 1. The number of aryl methyl sites for hydroxylation is 2. The summed E-state index contributed by atoms with van der Waals surface area (Å²) in [6.45, 7) is 6.16. The second-order valence-corrected chi connectivity index (χ2v) is 3.52. The van der Waals surface area contributed by atoms with Gasteiger partial charge in [-0.15, -0.1) is 6.58 Å². The van der Waals surface area contributed by atoms with Crippen LogP contribution in [0.4, 0.5) is 0 Å². The first-order valence-electron chi connectivity index (χ1n) is 5.16. The highest BCUT2D eigenvalue weighted by molar-refractivity contribution is 5.76. The molecule has 0 unspecified atom stereocenters. The maximum Gasteiger partial charge on any atom is 0.220 e. The van der Waals surface area contributed by atoms with E-state index in [1.54, 1.807) is 6.08 Å². The van der Waals surface area contributed by atoms with Gasteiger partial charge in [0, 0.05) is 13.0 Å². The van der Waals surface area contributed by atoms with Crippen LogP contribution in [0.1, 0.15) is 17.5 Å². The summed E-state index contributed by atoms with van der Waals surface area (Å²) in [5, 5.41) is 2.77. The van der Waals surface area contributed by atoms with Gasteiger partial charge in [-0.1, -0.05) is 30.3 Å². The molecule has 1 rings (SSSR count). The molecule has 0 spiro atoms. The Labute approximate surface area is 91.0 Å². The van der Waals surface area contributed by atoms with Crippen LogP contribution in [0.15, 0.2) is 36.9 Å². The van der Waals surface area contributed by atoms with Crippen molar-refractivity contribution in [3.63, 3.8) is 0 Å². The largest absolute Gasteiger partial charge is 0.353 e. The summed E-state index contributed by atoms with van der Waals surface area (Å²) in [7, 11) is 0. The van der Waals surface area contributed by atoms with E-state index in [0.717, 1.165) is 6.42 Å². The van der Waals surface area contributed by atoms with E-state index in [1.165, 1.54) is 11.1 Å². The van der Waals surface area contributed by atoms with Crippen molar-refractivity contribution in [2.45, 2.75) is 19.8 Å². The van der Waals surface area contributed by atoms with E-state index in [4.69, 9.17) is 0 Å². The highest BCUT2D eigenvalue weighted by atomic mass is 16.1. The van der Waals surface area contributed by atoms with Crippen LogP contribution in [-0.4, -0.2) is 12.5 Å². The van der Waals surface area contributed by atoms with Crippen molar-refractivity contribution >= 4 is 5.91 Å². The van der Waals surface area contributed by atoms with Gasteiger partial charge in [-0.25, -0.2) is 0 Å². The van der Waals surface area contributed by atoms with Gasteiger partial charge in [-0.2, -0.15) is 0 Å². The molecule has 0 aromatic heterocycles. The zero-order chi connectivity index (χ0) is 11.1. The van der Waals surface area contributed by atoms with Crippen LogP contribution in [0.25, 0.3) is 0 Å². The van der Waals surface area contributed by atoms with Gasteiger partial charge in [0.1, 0.15) is 0 Å². The number of nitrogens with one attached hydrogen (secondary N) is 1. The maximum absolute atomic E-state index is 11.3. The Morgan fingerprint density at radius 3 is 2.87 bits per heavy atom. The summed E-state index contributed by atoms with van der Waals surface area (Å²) in [4.78, 5) is 11.3. The molecule has 2 heteroatoms. The summed E-state index contributed by atoms with van der Waals surface area (Å²) >= 11 is 0. The van der Waals surface area contributed by atoms with E-state index >= 15 is 0 Å². The smallest absolute Gasteiger partial charge is 0.220 e. The molecule has 1 N–H and O–H groups in total. The molecule has 0 saturated carbocycles. The van der Waals surface area contributed by atoms with Crippen molar-refractivity contribution in [1.82, 2.24) is 5.32 Å². The monoisotopic (exact) mass is 203 g/mol. The third-order valence-electron chi connectivity index (χ3n) is 2.33. The molecule has 0 fully saturated rings. The van der Waals surface area contributed by atoms with Crippen LogP contribution in [0.5, 0.6) is 0 Å². The highest BCUT2D eigenvalue weighted by Gasteiger charge is 2.02. The number of hydrogen-bond donors (Lipinski definition) is 1. The molecule has 15 heavy (non-hydrogen) atoms. The Morgan fingerprint density at radius 1 is 1.47 bits per heavy atom. The van der Waals surface area contributed by atoms with E-state index in [9.17, 15) is 4.79 Å². The zero-order valence-corrected chi connectivity index (χ0v) is 9.12. The molecule has 0 saturated heterocycles. The molecule has 1 amide bonds. The molecule has 0 aliphatic heterocycles. The van der Waals surface area contributed by atoms with Crippen LogP contribution >= 0.6 is 0 Å². The van der Waals surface area contributed by atoms with Gasteiger partial charge in [0.2, 0.25) is 5.91 Å². The predicted molar refractivity (Wildman–Crippen MR) is 62.7 cm³/mol. The van der Waals surface area contributed by atoms with Crippen molar-refractivity contribution in [3.05, 3.63) is 48.0 Å². The second kappa shape index (κ2) is 6.02. The second-order valence-electron chi connectivity index (χ2n) is 3.52. The Hall–Kier alpha value is -1.57. The first-order valence-corrected chi connectivity index (χ1v) is 5.16. The molecule has 80 valence electrons. The van der Waals surface area contributed by atoms with Gasteiger partial charge in [-0.3, -0.25) is 4.79 Å².